The summed E-state index contributed by atoms with van der Waals surface area (Å²) in [5, 5.41) is 17.6. The molecule has 118 valence electrons. The normalized spacial score (nSPS) is 18.1. The summed E-state index contributed by atoms with van der Waals surface area (Å²) >= 11 is 0. The molecule has 0 aromatic carbocycles. The Labute approximate surface area is 128 Å². The van der Waals surface area contributed by atoms with Crippen LogP contribution in [0.4, 0.5) is 5.82 Å². The van der Waals surface area contributed by atoms with Crippen LogP contribution in [-0.2, 0) is 13.6 Å². The van der Waals surface area contributed by atoms with Gasteiger partial charge < -0.3 is 14.6 Å². The summed E-state index contributed by atoms with van der Waals surface area (Å²) < 4.78 is 1.64. The van der Waals surface area contributed by atoms with Crippen LogP contribution in [0.1, 0.15) is 13.3 Å². The van der Waals surface area contributed by atoms with Crippen molar-refractivity contribution < 1.29 is 5.11 Å². The number of anilines is 1. The smallest absolute Gasteiger partial charge is 0.293 e. The van der Waals surface area contributed by atoms with Gasteiger partial charge in [0, 0.05) is 45.4 Å². The molecule has 0 saturated carbocycles. The van der Waals surface area contributed by atoms with Gasteiger partial charge in [-0.25, -0.2) is 4.98 Å². The Hall–Kier alpha value is -2.22. The lowest BCUT2D eigenvalue weighted by molar-refractivity contribution is 0.238. The molecule has 1 saturated heterocycles. The lowest BCUT2D eigenvalue weighted by Crippen LogP contribution is -2.32. The van der Waals surface area contributed by atoms with Crippen molar-refractivity contribution in [3.05, 3.63) is 22.7 Å². The van der Waals surface area contributed by atoms with Gasteiger partial charge in [0.05, 0.1) is 6.20 Å². The standard InChI is InChI=1S/C14H20N6O2/c1-3-19-8-12(11-6-15-18(2)17-11)16-13(14(19)22)20-5-4-10(7-20)9-21/h6,8,10,21H,3-5,7,9H2,1-2H3/t10-/m1/s1. The van der Waals surface area contributed by atoms with Gasteiger partial charge in [0.1, 0.15) is 11.4 Å². The second-order valence-corrected chi connectivity index (χ2v) is 5.54. The van der Waals surface area contributed by atoms with Crippen LogP contribution in [0.15, 0.2) is 17.2 Å². The molecule has 8 nitrogen and oxygen atoms in total. The monoisotopic (exact) mass is 304 g/mol. The van der Waals surface area contributed by atoms with E-state index < -0.39 is 0 Å². The first-order chi connectivity index (χ1) is 10.6. The maximum Gasteiger partial charge on any atom is 0.293 e. The summed E-state index contributed by atoms with van der Waals surface area (Å²) in [4.78, 5) is 20.5. The van der Waals surface area contributed by atoms with Gasteiger partial charge in [-0.3, -0.25) is 4.79 Å². The molecule has 0 aliphatic carbocycles. The lowest BCUT2D eigenvalue weighted by atomic mass is 10.1. The van der Waals surface area contributed by atoms with Gasteiger partial charge in [-0.15, -0.1) is 0 Å². The Kier molecular flexibility index (Phi) is 3.93. The van der Waals surface area contributed by atoms with Crippen LogP contribution >= 0.6 is 0 Å². The second kappa shape index (κ2) is 5.88. The van der Waals surface area contributed by atoms with Gasteiger partial charge >= 0.3 is 0 Å². The van der Waals surface area contributed by atoms with Crippen molar-refractivity contribution in [1.82, 2.24) is 24.5 Å². The van der Waals surface area contributed by atoms with Crippen molar-refractivity contribution in [2.75, 3.05) is 24.6 Å². The third kappa shape index (κ3) is 2.61. The molecule has 0 radical (unpaired) electrons. The molecule has 22 heavy (non-hydrogen) atoms. The van der Waals surface area contributed by atoms with Crippen LogP contribution in [0.25, 0.3) is 11.4 Å². The quantitative estimate of drug-likeness (QED) is 0.847. The topological polar surface area (TPSA) is 89.1 Å². The lowest BCUT2D eigenvalue weighted by Gasteiger charge is -2.18. The first-order valence-electron chi connectivity index (χ1n) is 7.46. The molecule has 0 bridgehead atoms. The largest absolute Gasteiger partial charge is 0.396 e. The van der Waals surface area contributed by atoms with Crippen molar-refractivity contribution in [1.29, 1.82) is 0 Å². The highest BCUT2D eigenvalue weighted by molar-refractivity contribution is 5.54. The third-order valence-corrected chi connectivity index (χ3v) is 4.00. The number of nitrogens with zero attached hydrogens (tertiary/aromatic N) is 6. The number of aliphatic hydroxyl groups excluding tert-OH is 1. The minimum Gasteiger partial charge on any atom is -0.396 e. The number of aryl methyl sites for hydroxylation is 2. The predicted octanol–water partition coefficient (Wildman–Crippen LogP) is -0.123. The molecule has 0 spiro atoms. The first kappa shape index (κ1) is 14.7. The maximum absolute atomic E-state index is 12.5. The van der Waals surface area contributed by atoms with Gasteiger partial charge in [0.25, 0.3) is 5.56 Å². The van der Waals surface area contributed by atoms with Crippen LogP contribution in [0, 0.1) is 5.92 Å². The molecule has 1 fully saturated rings. The molecule has 1 aliphatic heterocycles. The highest BCUT2D eigenvalue weighted by Gasteiger charge is 2.26. The third-order valence-electron chi connectivity index (χ3n) is 4.00. The van der Waals surface area contributed by atoms with Crippen molar-refractivity contribution >= 4 is 5.82 Å². The Morgan fingerprint density at radius 3 is 2.82 bits per heavy atom. The average molecular weight is 304 g/mol. The fourth-order valence-electron chi connectivity index (χ4n) is 2.73. The van der Waals surface area contributed by atoms with E-state index in [2.05, 4.69) is 15.2 Å². The van der Waals surface area contributed by atoms with Crippen molar-refractivity contribution in [3.63, 3.8) is 0 Å². The fourth-order valence-corrected chi connectivity index (χ4v) is 2.73. The van der Waals surface area contributed by atoms with E-state index in [0.29, 0.717) is 30.3 Å². The molecule has 3 rings (SSSR count). The molecular formula is C14H20N6O2. The summed E-state index contributed by atoms with van der Waals surface area (Å²) in [6.07, 6.45) is 4.23. The zero-order chi connectivity index (χ0) is 15.7. The summed E-state index contributed by atoms with van der Waals surface area (Å²) in [7, 11) is 1.74. The molecule has 3 heterocycles. The molecule has 1 atom stereocenters. The molecular weight excluding hydrogens is 284 g/mol. The van der Waals surface area contributed by atoms with E-state index in [1.54, 1.807) is 24.0 Å². The Bertz CT molecular complexity index is 722. The Balaban J connectivity index is 2.04. The summed E-state index contributed by atoms with van der Waals surface area (Å²) in [5.41, 5.74) is 1.18. The first-order valence-corrected chi connectivity index (χ1v) is 7.46. The maximum atomic E-state index is 12.5. The summed E-state index contributed by atoms with van der Waals surface area (Å²) in [5.74, 6) is 0.636. The van der Waals surface area contributed by atoms with Crippen LogP contribution in [0.5, 0.6) is 0 Å². The molecule has 0 unspecified atom stereocenters. The van der Waals surface area contributed by atoms with Crippen molar-refractivity contribution in [2.24, 2.45) is 13.0 Å². The van der Waals surface area contributed by atoms with Gasteiger partial charge in [0.15, 0.2) is 5.82 Å². The van der Waals surface area contributed by atoms with Gasteiger partial charge in [0.2, 0.25) is 0 Å². The summed E-state index contributed by atoms with van der Waals surface area (Å²) in [6, 6.07) is 0. The highest BCUT2D eigenvalue weighted by Crippen LogP contribution is 2.21. The number of hydrogen-bond donors (Lipinski definition) is 1. The van der Waals surface area contributed by atoms with Crippen LogP contribution < -0.4 is 10.5 Å². The van der Waals surface area contributed by atoms with Crippen LogP contribution in [0.3, 0.4) is 0 Å². The highest BCUT2D eigenvalue weighted by atomic mass is 16.3. The number of hydrogen-bond acceptors (Lipinski definition) is 6. The van der Waals surface area contributed by atoms with Crippen molar-refractivity contribution in [2.45, 2.75) is 19.9 Å². The Morgan fingerprint density at radius 2 is 2.23 bits per heavy atom. The second-order valence-electron chi connectivity index (χ2n) is 5.54. The molecule has 1 N–H and O–H groups in total. The van der Waals surface area contributed by atoms with E-state index in [9.17, 15) is 9.90 Å². The molecule has 1 aliphatic rings. The fraction of sp³-hybridized carbons (Fsp3) is 0.571. The minimum absolute atomic E-state index is 0.103. The van der Waals surface area contributed by atoms with Gasteiger partial charge in [-0.2, -0.15) is 15.0 Å². The van der Waals surface area contributed by atoms with E-state index in [0.717, 1.165) is 13.0 Å². The van der Waals surface area contributed by atoms with E-state index in [1.165, 1.54) is 4.80 Å². The Morgan fingerprint density at radius 1 is 1.41 bits per heavy atom. The molecule has 0 amide bonds. The van der Waals surface area contributed by atoms with E-state index in [-0.39, 0.29) is 18.1 Å². The van der Waals surface area contributed by atoms with Gasteiger partial charge in [-0.05, 0) is 13.3 Å². The molecule has 2 aromatic rings. The average Bonchev–Trinajstić information content (AvgIpc) is 3.16. The van der Waals surface area contributed by atoms with Crippen LogP contribution in [-0.4, -0.2) is 49.3 Å². The predicted molar refractivity (Wildman–Crippen MR) is 81.6 cm³/mol. The van der Waals surface area contributed by atoms with Gasteiger partial charge in [-0.1, -0.05) is 0 Å². The van der Waals surface area contributed by atoms with Crippen molar-refractivity contribution in [3.8, 4) is 11.4 Å². The minimum atomic E-state index is -0.103. The molecule has 8 heteroatoms. The number of aliphatic hydroxyl groups is 1. The van der Waals surface area contributed by atoms with E-state index in [4.69, 9.17) is 0 Å². The molecule has 2 aromatic heterocycles. The SMILES string of the molecule is CCn1cc(-c2cnn(C)n2)nc(N2CC[C@@H](CO)C2)c1=O. The van der Waals surface area contributed by atoms with E-state index in [1.807, 2.05) is 11.8 Å². The number of rotatable bonds is 4. The summed E-state index contributed by atoms with van der Waals surface area (Å²) in [6.45, 7) is 4.03. The number of aromatic nitrogens is 5. The zero-order valence-corrected chi connectivity index (χ0v) is 12.8. The zero-order valence-electron chi connectivity index (χ0n) is 12.8. The van der Waals surface area contributed by atoms with E-state index >= 15 is 0 Å². The van der Waals surface area contributed by atoms with Crippen LogP contribution in [0.2, 0.25) is 0 Å².